The van der Waals surface area contributed by atoms with Gasteiger partial charge in [0.2, 0.25) is 15.9 Å². The lowest BCUT2D eigenvalue weighted by Gasteiger charge is -2.18. The fourth-order valence-corrected chi connectivity index (χ4v) is 3.74. The molecule has 0 fully saturated rings. The lowest BCUT2D eigenvalue weighted by molar-refractivity contribution is -0.116. The Morgan fingerprint density at radius 2 is 1.88 bits per heavy atom. The quantitative estimate of drug-likeness (QED) is 0.787. The molecule has 0 radical (unpaired) electrons. The van der Waals surface area contributed by atoms with Gasteiger partial charge in [-0.15, -0.1) is 0 Å². The van der Waals surface area contributed by atoms with Crippen LogP contribution in [0, 0.1) is 18.6 Å². The van der Waals surface area contributed by atoms with Gasteiger partial charge in [0.05, 0.1) is 6.54 Å². The highest BCUT2D eigenvalue weighted by Gasteiger charge is 2.26. The second-order valence-corrected chi connectivity index (χ2v) is 8.27. The van der Waals surface area contributed by atoms with Gasteiger partial charge in [-0.3, -0.25) is 4.79 Å². The van der Waals surface area contributed by atoms with Gasteiger partial charge in [-0.2, -0.15) is 4.31 Å². The van der Waals surface area contributed by atoms with Crippen LogP contribution in [0.4, 0.5) is 14.5 Å². The number of benzene rings is 2. The van der Waals surface area contributed by atoms with Crippen LogP contribution >= 0.6 is 15.9 Å². The molecule has 134 valence electrons. The molecule has 1 amide bonds. The van der Waals surface area contributed by atoms with E-state index in [0.29, 0.717) is 16.1 Å². The van der Waals surface area contributed by atoms with Gasteiger partial charge in [-0.05, 0) is 42.8 Å². The number of carbonyl (C=O) groups is 1. The molecule has 0 bridgehead atoms. The van der Waals surface area contributed by atoms with Gasteiger partial charge in [0, 0.05) is 23.3 Å². The van der Waals surface area contributed by atoms with E-state index in [1.165, 1.54) is 0 Å². The summed E-state index contributed by atoms with van der Waals surface area (Å²) < 4.78 is 52.9. The monoisotopic (exact) mass is 432 g/mol. The Bertz CT molecular complexity index is 920. The molecule has 5 nitrogen and oxygen atoms in total. The predicted octanol–water partition coefficient (Wildman–Crippen LogP) is 3.29. The van der Waals surface area contributed by atoms with Crippen molar-refractivity contribution in [3.8, 4) is 0 Å². The third-order valence-electron chi connectivity index (χ3n) is 3.41. The van der Waals surface area contributed by atoms with E-state index in [-0.39, 0.29) is 0 Å². The first-order chi connectivity index (χ1) is 11.6. The number of anilines is 1. The number of rotatable bonds is 5. The number of halogens is 3. The van der Waals surface area contributed by atoms with Crippen molar-refractivity contribution in [3.63, 3.8) is 0 Å². The van der Waals surface area contributed by atoms with E-state index < -0.39 is 39.0 Å². The fraction of sp³-hybridized carbons (Fsp3) is 0.188. The highest BCUT2D eigenvalue weighted by molar-refractivity contribution is 9.10. The zero-order valence-electron chi connectivity index (χ0n) is 13.4. The molecule has 2 rings (SSSR count). The average Bonchev–Trinajstić information content (AvgIpc) is 2.49. The first kappa shape index (κ1) is 19.5. The van der Waals surface area contributed by atoms with Crippen molar-refractivity contribution in [2.45, 2.75) is 11.8 Å². The van der Waals surface area contributed by atoms with Gasteiger partial charge in [0.15, 0.2) is 0 Å². The summed E-state index contributed by atoms with van der Waals surface area (Å²) >= 11 is 3.30. The van der Waals surface area contributed by atoms with Crippen molar-refractivity contribution in [1.82, 2.24) is 4.31 Å². The molecular weight excluding hydrogens is 418 g/mol. The Morgan fingerprint density at radius 3 is 2.48 bits per heavy atom. The second-order valence-electron chi connectivity index (χ2n) is 5.34. The summed E-state index contributed by atoms with van der Waals surface area (Å²) in [5.74, 6) is -2.68. The molecule has 9 heteroatoms. The van der Waals surface area contributed by atoms with Crippen molar-refractivity contribution >= 4 is 37.5 Å². The zero-order valence-corrected chi connectivity index (χ0v) is 15.8. The van der Waals surface area contributed by atoms with Crippen LogP contribution in [0.1, 0.15) is 5.56 Å². The van der Waals surface area contributed by atoms with E-state index >= 15 is 0 Å². The Kier molecular flexibility index (Phi) is 5.91. The number of amides is 1. The molecule has 0 unspecified atom stereocenters. The van der Waals surface area contributed by atoms with Crippen LogP contribution in [0.3, 0.4) is 0 Å². The number of hydrogen-bond acceptors (Lipinski definition) is 3. The topological polar surface area (TPSA) is 66.5 Å². The maximum atomic E-state index is 13.7. The molecule has 0 spiro atoms. The number of aryl methyl sites for hydroxylation is 1. The van der Waals surface area contributed by atoms with E-state index in [4.69, 9.17) is 0 Å². The van der Waals surface area contributed by atoms with E-state index in [0.717, 1.165) is 29.2 Å². The maximum Gasteiger partial charge on any atom is 0.246 e. The van der Waals surface area contributed by atoms with Crippen molar-refractivity contribution in [1.29, 1.82) is 0 Å². The summed E-state index contributed by atoms with van der Waals surface area (Å²) in [6.45, 7) is 1.27. The standard InChI is InChI=1S/C16H15BrF2N2O3S/c1-10-7-11(17)3-5-14(10)20-16(22)9-21(2)25(23,24)15-6-4-12(18)8-13(15)19/h3-8H,9H2,1-2H3,(H,20,22). The van der Waals surface area contributed by atoms with Crippen LogP contribution in [0.15, 0.2) is 45.8 Å². The molecule has 0 aliphatic rings. The lowest BCUT2D eigenvalue weighted by Crippen LogP contribution is -2.35. The van der Waals surface area contributed by atoms with Crippen molar-refractivity contribution in [2.24, 2.45) is 0 Å². The Balaban J connectivity index is 2.14. The molecule has 25 heavy (non-hydrogen) atoms. The van der Waals surface area contributed by atoms with Crippen LogP contribution in [0.5, 0.6) is 0 Å². The number of hydrogen-bond donors (Lipinski definition) is 1. The van der Waals surface area contributed by atoms with Gasteiger partial charge in [-0.1, -0.05) is 15.9 Å². The Morgan fingerprint density at radius 1 is 1.20 bits per heavy atom. The Labute approximate surface area is 152 Å². The summed E-state index contributed by atoms with van der Waals surface area (Å²) in [4.78, 5) is 11.4. The van der Waals surface area contributed by atoms with Crippen molar-refractivity contribution in [3.05, 3.63) is 58.1 Å². The van der Waals surface area contributed by atoms with Crippen molar-refractivity contribution < 1.29 is 22.0 Å². The second kappa shape index (κ2) is 7.59. The molecule has 0 saturated heterocycles. The minimum atomic E-state index is -4.27. The summed E-state index contributed by atoms with van der Waals surface area (Å²) in [6.07, 6.45) is 0. The fourth-order valence-electron chi connectivity index (χ4n) is 2.10. The Hall–Kier alpha value is -1.84. The van der Waals surface area contributed by atoms with Gasteiger partial charge >= 0.3 is 0 Å². The molecule has 0 atom stereocenters. The summed E-state index contributed by atoms with van der Waals surface area (Å²) in [7, 11) is -3.12. The van der Waals surface area contributed by atoms with Crippen LogP contribution in [0.2, 0.25) is 0 Å². The third-order valence-corrected chi connectivity index (χ3v) is 5.74. The van der Waals surface area contributed by atoms with Gasteiger partial charge in [-0.25, -0.2) is 17.2 Å². The minimum absolute atomic E-state index is 0.478. The number of nitrogens with one attached hydrogen (secondary N) is 1. The third kappa shape index (κ3) is 4.62. The van der Waals surface area contributed by atoms with Crippen LogP contribution in [0.25, 0.3) is 0 Å². The van der Waals surface area contributed by atoms with Gasteiger partial charge in [0.25, 0.3) is 0 Å². The molecule has 2 aromatic rings. The first-order valence-electron chi connectivity index (χ1n) is 7.08. The molecule has 0 aliphatic carbocycles. The average molecular weight is 433 g/mol. The van der Waals surface area contributed by atoms with Crippen LogP contribution in [-0.2, 0) is 14.8 Å². The molecule has 0 aromatic heterocycles. The van der Waals surface area contributed by atoms with E-state index in [1.807, 2.05) is 0 Å². The summed E-state index contributed by atoms with van der Waals surface area (Å²) in [5, 5.41) is 2.60. The number of likely N-dealkylation sites (N-methyl/N-ethyl adjacent to an activating group) is 1. The minimum Gasteiger partial charge on any atom is -0.325 e. The molecule has 1 N–H and O–H groups in total. The maximum absolute atomic E-state index is 13.7. The highest BCUT2D eigenvalue weighted by atomic mass is 79.9. The smallest absolute Gasteiger partial charge is 0.246 e. The summed E-state index contributed by atoms with van der Waals surface area (Å²) in [6, 6.07) is 7.35. The normalized spacial score (nSPS) is 11.6. The van der Waals surface area contributed by atoms with E-state index in [1.54, 1.807) is 25.1 Å². The van der Waals surface area contributed by atoms with Gasteiger partial charge < -0.3 is 5.32 Å². The zero-order chi connectivity index (χ0) is 18.8. The first-order valence-corrected chi connectivity index (χ1v) is 9.32. The molecule has 0 saturated carbocycles. The van der Waals surface area contributed by atoms with Crippen LogP contribution < -0.4 is 5.32 Å². The van der Waals surface area contributed by atoms with Crippen LogP contribution in [-0.4, -0.2) is 32.2 Å². The summed E-state index contributed by atoms with van der Waals surface area (Å²) in [5.41, 5.74) is 1.32. The SMILES string of the molecule is Cc1cc(Br)ccc1NC(=O)CN(C)S(=O)(=O)c1ccc(F)cc1F. The molecular formula is C16H15BrF2N2O3S. The number of carbonyl (C=O) groups excluding carboxylic acids is 1. The van der Waals surface area contributed by atoms with E-state index in [2.05, 4.69) is 21.2 Å². The number of nitrogens with zero attached hydrogens (tertiary/aromatic N) is 1. The molecule has 2 aromatic carbocycles. The molecule has 0 heterocycles. The highest BCUT2D eigenvalue weighted by Crippen LogP contribution is 2.21. The molecule has 0 aliphatic heterocycles. The lowest BCUT2D eigenvalue weighted by atomic mass is 10.2. The predicted molar refractivity (Wildman–Crippen MR) is 93.7 cm³/mol. The number of sulfonamides is 1. The van der Waals surface area contributed by atoms with Crippen molar-refractivity contribution in [2.75, 3.05) is 18.9 Å². The van der Waals surface area contributed by atoms with Gasteiger partial charge in [0.1, 0.15) is 16.5 Å². The van der Waals surface area contributed by atoms with E-state index in [9.17, 15) is 22.0 Å². The largest absolute Gasteiger partial charge is 0.325 e.